The maximum absolute atomic E-state index is 9.78. The van der Waals surface area contributed by atoms with Crippen LogP contribution >= 0.6 is 11.6 Å². The number of hydrogen-bond donors (Lipinski definition) is 1. The van der Waals surface area contributed by atoms with E-state index in [0.29, 0.717) is 33.6 Å². The summed E-state index contributed by atoms with van der Waals surface area (Å²) in [5, 5.41) is 14.2. The quantitative estimate of drug-likeness (QED) is 0.797. The van der Waals surface area contributed by atoms with Gasteiger partial charge in [0.2, 0.25) is 5.82 Å². The third-order valence-corrected chi connectivity index (χ3v) is 3.30. The molecule has 0 aliphatic heterocycles. The molecule has 0 aliphatic rings. The molecule has 106 valence electrons. The van der Waals surface area contributed by atoms with Crippen molar-refractivity contribution in [2.45, 2.75) is 0 Å². The van der Waals surface area contributed by atoms with Crippen LogP contribution in [0.3, 0.4) is 0 Å². The fourth-order valence-electron chi connectivity index (χ4n) is 1.92. The van der Waals surface area contributed by atoms with Gasteiger partial charge in [0.1, 0.15) is 0 Å². The number of nitrogens with zero attached hydrogens (tertiary/aromatic N) is 2. The van der Waals surface area contributed by atoms with E-state index in [9.17, 15) is 5.11 Å². The molecule has 0 radical (unpaired) electrons. The minimum atomic E-state index is 0.00694. The Morgan fingerprint density at radius 1 is 1.19 bits per heavy atom. The normalized spacial score (nSPS) is 10.6. The summed E-state index contributed by atoms with van der Waals surface area (Å²) in [6.45, 7) is 0. The molecule has 1 heterocycles. The predicted molar refractivity (Wildman–Crippen MR) is 78.4 cm³/mol. The van der Waals surface area contributed by atoms with E-state index in [1.165, 1.54) is 13.2 Å². The molecule has 2 aromatic carbocycles. The number of aromatic hydroxyl groups is 1. The van der Waals surface area contributed by atoms with Gasteiger partial charge in [0.05, 0.1) is 12.1 Å². The molecule has 0 atom stereocenters. The van der Waals surface area contributed by atoms with Gasteiger partial charge in [0, 0.05) is 11.1 Å². The van der Waals surface area contributed by atoms with E-state index in [-0.39, 0.29) is 5.75 Å². The fourth-order valence-corrected chi connectivity index (χ4v) is 2.14. The molecule has 0 unspecified atom stereocenters. The van der Waals surface area contributed by atoms with Gasteiger partial charge in [-0.2, -0.15) is 4.98 Å². The SMILES string of the molecule is COc1ccc(-c2nc(-c3ccccc3Cl)no2)cc1O. The van der Waals surface area contributed by atoms with Crippen molar-refractivity contribution in [3.05, 3.63) is 47.5 Å². The van der Waals surface area contributed by atoms with Crippen LogP contribution in [-0.2, 0) is 0 Å². The molecule has 0 aliphatic carbocycles. The van der Waals surface area contributed by atoms with Crippen molar-refractivity contribution in [3.8, 4) is 34.3 Å². The van der Waals surface area contributed by atoms with Crippen LogP contribution in [0.25, 0.3) is 22.8 Å². The maximum atomic E-state index is 9.78. The van der Waals surface area contributed by atoms with Gasteiger partial charge in [0.15, 0.2) is 11.5 Å². The fraction of sp³-hybridized carbons (Fsp3) is 0.0667. The van der Waals surface area contributed by atoms with Crippen LogP contribution in [-0.4, -0.2) is 22.4 Å². The van der Waals surface area contributed by atoms with Gasteiger partial charge < -0.3 is 14.4 Å². The highest BCUT2D eigenvalue weighted by atomic mass is 35.5. The number of halogens is 1. The molecule has 6 heteroatoms. The van der Waals surface area contributed by atoms with E-state index >= 15 is 0 Å². The summed E-state index contributed by atoms with van der Waals surface area (Å²) in [6, 6.07) is 12.1. The molecular formula is C15H11ClN2O3. The van der Waals surface area contributed by atoms with Crippen molar-refractivity contribution < 1.29 is 14.4 Å². The molecule has 21 heavy (non-hydrogen) atoms. The van der Waals surface area contributed by atoms with Crippen molar-refractivity contribution in [2.24, 2.45) is 0 Å². The number of aromatic nitrogens is 2. The molecule has 1 N–H and O–H groups in total. The predicted octanol–water partition coefficient (Wildman–Crippen LogP) is 3.77. The standard InChI is InChI=1S/C15H11ClN2O3/c1-20-13-7-6-9(8-12(13)19)15-17-14(18-21-15)10-4-2-3-5-11(10)16/h2-8,19H,1H3. The first-order valence-electron chi connectivity index (χ1n) is 6.15. The largest absolute Gasteiger partial charge is 0.504 e. The monoisotopic (exact) mass is 302 g/mol. The second kappa shape index (κ2) is 5.46. The lowest BCUT2D eigenvalue weighted by Gasteiger charge is -2.03. The average molecular weight is 303 g/mol. The summed E-state index contributed by atoms with van der Waals surface area (Å²) < 4.78 is 10.2. The minimum absolute atomic E-state index is 0.00694. The summed E-state index contributed by atoms with van der Waals surface area (Å²) in [5.41, 5.74) is 1.28. The minimum Gasteiger partial charge on any atom is -0.504 e. The number of phenols is 1. The first-order chi connectivity index (χ1) is 10.2. The van der Waals surface area contributed by atoms with Gasteiger partial charge in [0.25, 0.3) is 5.89 Å². The number of rotatable bonds is 3. The van der Waals surface area contributed by atoms with Crippen LogP contribution in [0.2, 0.25) is 5.02 Å². The number of hydrogen-bond acceptors (Lipinski definition) is 5. The Morgan fingerprint density at radius 3 is 2.71 bits per heavy atom. The first kappa shape index (κ1) is 13.5. The van der Waals surface area contributed by atoms with Gasteiger partial charge >= 0.3 is 0 Å². The highest BCUT2D eigenvalue weighted by Gasteiger charge is 2.14. The number of phenolic OH excluding ortho intramolecular Hbond substituents is 1. The molecule has 1 aromatic heterocycles. The van der Waals surface area contributed by atoms with Crippen molar-refractivity contribution in [3.63, 3.8) is 0 Å². The molecule has 0 fully saturated rings. The highest BCUT2D eigenvalue weighted by molar-refractivity contribution is 6.33. The number of benzene rings is 2. The lowest BCUT2D eigenvalue weighted by Crippen LogP contribution is -1.85. The second-order valence-electron chi connectivity index (χ2n) is 4.29. The van der Waals surface area contributed by atoms with Gasteiger partial charge in [-0.25, -0.2) is 0 Å². The molecule has 3 aromatic rings. The van der Waals surface area contributed by atoms with E-state index < -0.39 is 0 Å². The average Bonchev–Trinajstić information content (AvgIpc) is 2.97. The smallest absolute Gasteiger partial charge is 0.258 e. The van der Waals surface area contributed by atoms with Gasteiger partial charge in [-0.05, 0) is 30.3 Å². The van der Waals surface area contributed by atoms with Crippen LogP contribution in [0, 0.1) is 0 Å². The summed E-state index contributed by atoms with van der Waals surface area (Å²) >= 11 is 6.10. The van der Waals surface area contributed by atoms with Crippen molar-refractivity contribution >= 4 is 11.6 Å². The van der Waals surface area contributed by atoms with Gasteiger partial charge in [-0.1, -0.05) is 28.9 Å². The third-order valence-electron chi connectivity index (χ3n) is 2.97. The molecule has 3 rings (SSSR count). The molecule has 0 spiro atoms. The lowest BCUT2D eigenvalue weighted by atomic mass is 10.2. The number of methoxy groups -OCH3 is 1. The van der Waals surface area contributed by atoms with E-state index in [2.05, 4.69) is 10.1 Å². The summed E-state index contributed by atoms with van der Waals surface area (Å²) in [7, 11) is 1.48. The Balaban J connectivity index is 1.99. The zero-order valence-electron chi connectivity index (χ0n) is 11.1. The van der Waals surface area contributed by atoms with Crippen LogP contribution in [0.15, 0.2) is 47.0 Å². The molecule has 0 saturated heterocycles. The zero-order valence-corrected chi connectivity index (χ0v) is 11.8. The maximum Gasteiger partial charge on any atom is 0.258 e. The lowest BCUT2D eigenvalue weighted by molar-refractivity contribution is 0.373. The van der Waals surface area contributed by atoms with Crippen LogP contribution in [0.5, 0.6) is 11.5 Å². The van der Waals surface area contributed by atoms with E-state index in [0.717, 1.165) is 0 Å². The molecule has 5 nitrogen and oxygen atoms in total. The Bertz CT molecular complexity index is 786. The topological polar surface area (TPSA) is 68.4 Å². The van der Waals surface area contributed by atoms with E-state index in [1.807, 2.05) is 18.2 Å². The third kappa shape index (κ3) is 2.55. The zero-order chi connectivity index (χ0) is 14.8. The Morgan fingerprint density at radius 2 is 2.00 bits per heavy atom. The highest BCUT2D eigenvalue weighted by Crippen LogP contribution is 2.32. The Labute approximate surface area is 125 Å². The van der Waals surface area contributed by atoms with Crippen LogP contribution < -0.4 is 4.74 Å². The molecular weight excluding hydrogens is 292 g/mol. The van der Waals surface area contributed by atoms with Crippen molar-refractivity contribution in [2.75, 3.05) is 7.11 Å². The molecule has 0 amide bonds. The number of ether oxygens (including phenoxy) is 1. The van der Waals surface area contributed by atoms with Crippen molar-refractivity contribution in [1.29, 1.82) is 0 Å². The molecule has 0 bridgehead atoms. The van der Waals surface area contributed by atoms with E-state index in [4.69, 9.17) is 20.9 Å². The Kier molecular flexibility index (Phi) is 3.50. The first-order valence-corrected chi connectivity index (χ1v) is 6.53. The second-order valence-corrected chi connectivity index (χ2v) is 4.70. The van der Waals surface area contributed by atoms with Gasteiger partial charge in [-0.15, -0.1) is 0 Å². The van der Waals surface area contributed by atoms with Crippen LogP contribution in [0.1, 0.15) is 0 Å². The molecule has 0 saturated carbocycles. The Hall–Kier alpha value is -2.53. The van der Waals surface area contributed by atoms with Crippen LogP contribution in [0.4, 0.5) is 0 Å². The van der Waals surface area contributed by atoms with Gasteiger partial charge in [-0.3, -0.25) is 0 Å². The summed E-state index contributed by atoms with van der Waals surface area (Å²) in [5.74, 6) is 1.07. The summed E-state index contributed by atoms with van der Waals surface area (Å²) in [6.07, 6.45) is 0. The van der Waals surface area contributed by atoms with E-state index in [1.54, 1.807) is 18.2 Å². The summed E-state index contributed by atoms with van der Waals surface area (Å²) in [4.78, 5) is 4.29. The van der Waals surface area contributed by atoms with Crippen molar-refractivity contribution in [1.82, 2.24) is 10.1 Å².